The second-order valence-corrected chi connectivity index (χ2v) is 7.20. The first kappa shape index (κ1) is 11.5. The van der Waals surface area contributed by atoms with E-state index in [0.29, 0.717) is 0 Å². The number of aromatic nitrogens is 4. The molecular weight excluding hydrogens is 318 g/mol. The van der Waals surface area contributed by atoms with E-state index in [2.05, 4.69) is 35.9 Å². The highest BCUT2D eigenvalue weighted by Gasteiger charge is 2.57. The fourth-order valence-corrected chi connectivity index (χ4v) is 5.40. The van der Waals surface area contributed by atoms with Gasteiger partial charge >= 0.3 is 0 Å². The summed E-state index contributed by atoms with van der Waals surface area (Å²) in [7, 11) is 1.93. The third kappa shape index (κ3) is 1.26. The predicted octanol–water partition coefficient (Wildman–Crippen LogP) is 2.36. The van der Waals surface area contributed by atoms with Gasteiger partial charge in [0, 0.05) is 19.6 Å². The first-order chi connectivity index (χ1) is 9.74. The summed E-state index contributed by atoms with van der Waals surface area (Å²) in [5.74, 6) is 3.85. The highest BCUT2D eigenvalue weighted by atomic mass is 79.9. The Labute approximate surface area is 125 Å². The second-order valence-electron chi connectivity index (χ2n) is 6.45. The van der Waals surface area contributed by atoms with Gasteiger partial charge in [-0.25, -0.2) is 14.6 Å². The highest BCUT2D eigenvalue weighted by Crippen LogP contribution is 2.56. The summed E-state index contributed by atoms with van der Waals surface area (Å²) in [6, 6.07) is 0.721. The maximum Gasteiger partial charge on any atom is 0.164 e. The number of hydrogen-bond donors (Lipinski definition) is 0. The van der Waals surface area contributed by atoms with Gasteiger partial charge in [-0.05, 0) is 52.9 Å². The fourth-order valence-electron chi connectivity index (χ4n) is 4.81. The minimum Gasteiger partial charge on any atom is -0.352 e. The summed E-state index contributed by atoms with van der Waals surface area (Å²) in [6.07, 6.45) is 5.97. The molecule has 20 heavy (non-hydrogen) atoms. The second kappa shape index (κ2) is 3.72. The van der Waals surface area contributed by atoms with Crippen molar-refractivity contribution in [2.75, 3.05) is 11.4 Å². The monoisotopic (exact) mass is 333 g/mol. The number of rotatable bonds is 1. The molecule has 2 aromatic rings. The molecule has 5 rings (SSSR count). The lowest BCUT2D eigenvalue weighted by atomic mass is 9.77. The molecule has 0 N–H and O–H groups in total. The topological polar surface area (TPSA) is 46.8 Å². The smallest absolute Gasteiger partial charge is 0.164 e. The van der Waals surface area contributed by atoms with Crippen molar-refractivity contribution >= 4 is 32.8 Å². The number of nitrogens with zero attached hydrogens (tertiary/aromatic N) is 5. The molecule has 4 atom stereocenters. The van der Waals surface area contributed by atoms with Crippen LogP contribution in [-0.4, -0.2) is 32.3 Å². The van der Waals surface area contributed by atoms with Gasteiger partial charge in [0.1, 0.15) is 16.7 Å². The quantitative estimate of drug-likeness (QED) is 0.803. The standard InChI is InChI=1S/C14H16BrN5/c1-19-13-10(12(15)18-19)14(17-6-16-13)20-5-9-7-2-3-8(4-7)11(9)20/h6-9,11H,2-5H2,1H3/t7-,8-,9+,11-/m0/s1. The summed E-state index contributed by atoms with van der Waals surface area (Å²) < 4.78 is 2.68. The van der Waals surface area contributed by atoms with E-state index in [1.807, 2.05) is 11.7 Å². The van der Waals surface area contributed by atoms with E-state index in [0.717, 1.165) is 45.3 Å². The third-order valence-electron chi connectivity index (χ3n) is 5.64. The van der Waals surface area contributed by atoms with Gasteiger partial charge in [-0.15, -0.1) is 0 Å². The van der Waals surface area contributed by atoms with Gasteiger partial charge in [-0.2, -0.15) is 5.10 Å². The van der Waals surface area contributed by atoms with Crippen molar-refractivity contribution < 1.29 is 0 Å². The van der Waals surface area contributed by atoms with Crippen LogP contribution in [0.1, 0.15) is 19.3 Å². The summed E-state index contributed by atoms with van der Waals surface area (Å²) >= 11 is 3.57. The van der Waals surface area contributed by atoms with E-state index in [4.69, 9.17) is 0 Å². The maximum atomic E-state index is 4.58. The Balaban J connectivity index is 1.62. The van der Waals surface area contributed by atoms with Crippen LogP contribution in [-0.2, 0) is 7.05 Å². The minimum absolute atomic E-state index is 0.721. The van der Waals surface area contributed by atoms with E-state index in [-0.39, 0.29) is 0 Å². The van der Waals surface area contributed by atoms with Crippen LogP contribution >= 0.6 is 15.9 Å². The van der Waals surface area contributed by atoms with Gasteiger partial charge in [0.2, 0.25) is 0 Å². The summed E-state index contributed by atoms with van der Waals surface area (Å²) in [5, 5.41) is 5.50. The van der Waals surface area contributed by atoms with Crippen molar-refractivity contribution in [2.45, 2.75) is 25.3 Å². The lowest BCUT2D eigenvalue weighted by Gasteiger charge is -2.51. The molecule has 1 saturated heterocycles. The zero-order valence-corrected chi connectivity index (χ0v) is 12.9. The summed E-state index contributed by atoms with van der Waals surface area (Å²) in [6.45, 7) is 1.17. The van der Waals surface area contributed by atoms with E-state index in [9.17, 15) is 0 Å². The van der Waals surface area contributed by atoms with Crippen molar-refractivity contribution in [1.29, 1.82) is 0 Å². The lowest BCUT2D eigenvalue weighted by Crippen LogP contribution is -2.59. The highest BCUT2D eigenvalue weighted by molar-refractivity contribution is 9.10. The average Bonchev–Trinajstić information content (AvgIpc) is 3.02. The largest absolute Gasteiger partial charge is 0.352 e. The molecule has 5 nitrogen and oxygen atoms in total. The van der Waals surface area contributed by atoms with Gasteiger partial charge in [0.05, 0.1) is 5.39 Å². The summed E-state index contributed by atoms with van der Waals surface area (Å²) in [5.41, 5.74) is 0.911. The zero-order valence-electron chi connectivity index (χ0n) is 11.3. The van der Waals surface area contributed by atoms with Crippen LogP contribution in [0.4, 0.5) is 5.82 Å². The Morgan fingerprint density at radius 2 is 2.10 bits per heavy atom. The zero-order chi connectivity index (χ0) is 13.4. The SMILES string of the molecule is Cn1nc(Br)c2c(N3C[C@@H]4[C@H]5CC[C@@H](C5)[C@@H]43)ncnc21. The van der Waals surface area contributed by atoms with Crippen LogP contribution in [0.3, 0.4) is 0 Å². The molecule has 0 unspecified atom stereocenters. The Hall–Kier alpha value is -1.17. The molecule has 0 amide bonds. The fraction of sp³-hybridized carbons (Fsp3) is 0.643. The van der Waals surface area contributed by atoms with Crippen LogP contribution < -0.4 is 4.90 Å². The molecule has 3 aliphatic rings. The number of hydrogen-bond acceptors (Lipinski definition) is 4. The molecule has 6 heteroatoms. The Bertz CT molecular complexity index is 709. The number of anilines is 1. The van der Waals surface area contributed by atoms with Gasteiger partial charge in [-0.1, -0.05) is 0 Å². The number of halogens is 1. The third-order valence-corrected chi connectivity index (χ3v) is 6.19. The van der Waals surface area contributed by atoms with Crippen LogP contribution in [0.2, 0.25) is 0 Å². The molecule has 0 spiro atoms. The molecular formula is C14H16BrN5. The van der Waals surface area contributed by atoms with Gasteiger partial charge in [0.25, 0.3) is 0 Å². The number of aryl methyl sites for hydroxylation is 1. The van der Waals surface area contributed by atoms with Crippen molar-refractivity contribution in [3.05, 3.63) is 10.9 Å². The summed E-state index contributed by atoms with van der Waals surface area (Å²) in [4.78, 5) is 11.5. The van der Waals surface area contributed by atoms with Crippen molar-refractivity contribution in [1.82, 2.24) is 19.7 Å². The molecule has 104 valence electrons. The molecule has 1 aliphatic heterocycles. The van der Waals surface area contributed by atoms with Gasteiger partial charge < -0.3 is 4.90 Å². The lowest BCUT2D eigenvalue weighted by molar-refractivity contribution is 0.198. The van der Waals surface area contributed by atoms with Crippen LogP contribution in [0, 0.1) is 17.8 Å². The first-order valence-electron chi connectivity index (χ1n) is 7.34. The minimum atomic E-state index is 0.721. The molecule has 2 bridgehead atoms. The van der Waals surface area contributed by atoms with Crippen LogP contribution in [0.5, 0.6) is 0 Å². The van der Waals surface area contributed by atoms with Gasteiger partial charge in [0.15, 0.2) is 5.65 Å². The van der Waals surface area contributed by atoms with E-state index < -0.39 is 0 Å². The predicted molar refractivity (Wildman–Crippen MR) is 79.5 cm³/mol. The van der Waals surface area contributed by atoms with E-state index >= 15 is 0 Å². The number of fused-ring (bicyclic) bond motifs is 6. The van der Waals surface area contributed by atoms with E-state index in [1.165, 1.54) is 25.8 Å². The molecule has 2 saturated carbocycles. The van der Waals surface area contributed by atoms with Crippen molar-refractivity contribution in [2.24, 2.45) is 24.8 Å². The van der Waals surface area contributed by atoms with Crippen molar-refractivity contribution in [3.63, 3.8) is 0 Å². The maximum absolute atomic E-state index is 4.58. The Kier molecular flexibility index (Phi) is 2.14. The molecule has 2 aromatic heterocycles. The van der Waals surface area contributed by atoms with Crippen LogP contribution in [0.25, 0.3) is 11.0 Å². The van der Waals surface area contributed by atoms with E-state index in [1.54, 1.807) is 6.33 Å². The van der Waals surface area contributed by atoms with Crippen LogP contribution in [0.15, 0.2) is 10.9 Å². The molecule has 2 aliphatic carbocycles. The Morgan fingerprint density at radius 3 is 2.95 bits per heavy atom. The Morgan fingerprint density at radius 1 is 1.25 bits per heavy atom. The molecule has 0 aromatic carbocycles. The average molecular weight is 334 g/mol. The van der Waals surface area contributed by atoms with Gasteiger partial charge in [-0.3, -0.25) is 0 Å². The molecule has 0 radical (unpaired) electrons. The molecule has 3 heterocycles. The normalized spacial score (nSPS) is 34.6. The first-order valence-corrected chi connectivity index (χ1v) is 8.13. The van der Waals surface area contributed by atoms with Crippen molar-refractivity contribution in [3.8, 4) is 0 Å². The molecule has 3 fully saturated rings.